The van der Waals surface area contributed by atoms with Gasteiger partial charge >= 0.3 is 0 Å². The highest BCUT2D eigenvalue weighted by atomic mass is 16.5. The molecule has 0 saturated carbocycles. The van der Waals surface area contributed by atoms with Crippen molar-refractivity contribution in [3.8, 4) is 0 Å². The van der Waals surface area contributed by atoms with Gasteiger partial charge in [0.15, 0.2) is 5.96 Å². The van der Waals surface area contributed by atoms with E-state index in [2.05, 4.69) is 59.7 Å². The van der Waals surface area contributed by atoms with Crippen LogP contribution in [0.3, 0.4) is 0 Å². The van der Waals surface area contributed by atoms with Crippen LogP contribution in [0.4, 0.5) is 0 Å². The minimum absolute atomic E-state index is 0.164. The summed E-state index contributed by atoms with van der Waals surface area (Å²) in [7, 11) is 0. The van der Waals surface area contributed by atoms with Crippen LogP contribution in [0.1, 0.15) is 51.2 Å². The van der Waals surface area contributed by atoms with Gasteiger partial charge in [-0.3, -0.25) is 9.89 Å². The van der Waals surface area contributed by atoms with Gasteiger partial charge in [0.05, 0.1) is 6.10 Å². The van der Waals surface area contributed by atoms with Crippen LogP contribution < -0.4 is 10.6 Å². The number of nitrogens with zero attached hydrogens (tertiary/aromatic N) is 2. The van der Waals surface area contributed by atoms with Crippen LogP contribution in [0.5, 0.6) is 0 Å². The van der Waals surface area contributed by atoms with E-state index < -0.39 is 0 Å². The number of aliphatic imine (C=N–C) groups is 1. The van der Waals surface area contributed by atoms with Crippen LogP contribution in [0.25, 0.3) is 0 Å². The summed E-state index contributed by atoms with van der Waals surface area (Å²) in [5, 5.41) is 6.99. The molecule has 5 nitrogen and oxygen atoms in total. The number of guanidine groups is 1. The standard InChI is InChI=1S/C22H36N4O/c1-3-23-22(25-17-20-13-8-14-26(20)4-2)24-16-19-12-9-15-27-21(19)18-10-6-5-7-11-18/h5-7,10-11,19-21H,3-4,8-9,12-17H2,1-2H3,(H2,23,24,25). The zero-order valence-corrected chi connectivity index (χ0v) is 17.0. The van der Waals surface area contributed by atoms with Crippen molar-refractivity contribution in [2.75, 3.05) is 39.3 Å². The molecule has 2 saturated heterocycles. The first-order valence-electron chi connectivity index (χ1n) is 10.7. The summed E-state index contributed by atoms with van der Waals surface area (Å²) < 4.78 is 6.12. The summed E-state index contributed by atoms with van der Waals surface area (Å²) in [5.74, 6) is 1.38. The van der Waals surface area contributed by atoms with Crippen LogP contribution in [0.15, 0.2) is 35.3 Å². The number of ether oxygens (including phenoxy) is 1. The molecular formula is C22H36N4O. The van der Waals surface area contributed by atoms with Crippen molar-refractivity contribution in [2.45, 2.75) is 51.7 Å². The van der Waals surface area contributed by atoms with Gasteiger partial charge in [0.2, 0.25) is 0 Å². The number of hydrogen-bond acceptors (Lipinski definition) is 3. The average Bonchev–Trinajstić information content (AvgIpc) is 3.18. The Morgan fingerprint density at radius 1 is 1.15 bits per heavy atom. The molecule has 0 radical (unpaired) electrons. The van der Waals surface area contributed by atoms with Gasteiger partial charge in [-0.2, -0.15) is 0 Å². The maximum absolute atomic E-state index is 6.12. The maximum atomic E-state index is 6.12. The Kier molecular flexibility index (Phi) is 7.96. The maximum Gasteiger partial charge on any atom is 0.191 e. The summed E-state index contributed by atoms with van der Waals surface area (Å²) >= 11 is 0. The first-order chi connectivity index (χ1) is 13.3. The van der Waals surface area contributed by atoms with Gasteiger partial charge in [-0.25, -0.2) is 0 Å². The van der Waals surface area contributed by atoms with Gasteiger partial charge in [0, 0.05) is 38.2 Å². The van der Waals surface area contributed by atoms with Crippen LogP contribution in [0.2, 0.25) is 0 Å². The molecular weight excluding hydrogens is 336 g/mol. The van der Waals surface area contributed by atoms with E-state index in [0.717, 1.165) is 45.2 Å². The zero-order valence-electron chi connectivity index (χ0n) is 17.0. The predicted octanol–water partition coefficient (Wildman–Crippen LogP) is 3.19. The Labute approximate surface area is 164 Å². The third-order valence-corrected chi connectivity index (χ3v) is 5.81. The summed E-state index contributed by atoms with van der Waals surface area (Å²) in [6, 6.07) is 11.2. The molecule has 2 N–H and O–H groups in total. The smallest absolute Gasteiger partial charge is 0.191 e. The highest BCUT2D eigenvalue weighted by molar-refractivity contribution is 5.79. The molecule has 2 fully saturated rings. The van der Waals surface area contributed by atoms with E-state index in [1.165, 1.54) is 31.4 Å². The Balaban J connectivity index is 1.59. The predicted molar refractivity (Wildman–Crippen MR) is 112 cm³/mol. The number of benzene rings is 1. The van der Waals surface area contributed by atoms with Crippen molar-refractivity contribution in [2.24, 2.45) is 10.9 Å². The molecule has 0 aromatic heterocycles. The van der Waals surface area contributed by atoms with Crippen molar-refractivity contribution in [1.29, 1.82) is 0 Å². The fraction of sp³-hybridized carbons (Fsp3) is 0.682. The van der Waals surface area contributed by atoms with E-state index in [1.54, 1.807) is 0 Å². The van der Waals surface area contributed by atoms with E-state index >= 15 is 0 Å². The quantitative estimate of drug-likeness (QED) is 0.570. The molecule has 2 aliphatic rings. The molecule has 2 aliphatic heterocycles. The molecule has 1 aromatic carbocycles. The van der Waals surface area contributed by atoms with Gasteiger partial charge in [-0.1, -0.05) is 37.3 Å². The van der Waals surface area contributed by atoms with Crippen molar-refractivity contribution in [3.63, 3.8) is 0 Å². The van der Waals surface area contributed by atoms with Gasteiger partial charge in [-0.05, 0) is 51.3 Å². The summed E-state index contributed by atoms with van der Waals surface area (Å²) in [6.07, 6.45) is 5.06. The molecule has 0 amide bonds. The molecule has 27 heavy (non-hydrogen) atoms. The minimum atomic E-state index is 0.164. The SMILES string of the molecule is CCNC(=NCC1CCCOC1c1ccccc1)NCC1CCCN1CC. The molecule has 1 aromatic rings. The van der Waals surface area contributed by atoms with Crippen molar-refractivity contribution >= 4 is 5.96 Å². The molecule has 3 atom stereocenters. The van der Waals surface area contributed by atoms with E-state index in [9.17, 15) is 0 Å². The number of rotatable bonds is 7. The molecule has 3 rings (SSSR count). The van der Waals surface area contributed by atoms with Crippen LogP contribution in [-0.4, -0.2) is 56.2 Å². The van der Waals surface area contributed by atoms with E-state index in [1.807, 2.05) is 0 Å². The fourth-order valence-electron chi connectivity index (χ4n) is 4.35. The van der Waals surface area contributed by atoms with Crippen LogP contribution in [0, 0.1) is 5.92 Å². The van der Waals surface area contributed by atoms with Crippen molar-refractivity contribution in [1.82, 2.24) is 15.5 Å². The number of likely N-dealkylation sites (tertiary alicyclic amines) is 1. The van der Waals surface area contributed by atoms with Gasteiger partial charge < -0.3 is 15.4 Å². The lowest BCUT2D eigenvalue weighted by Crippen LogP contribution is -2.45. The monoisotopic (exact) mass is 372 g/mol. The first-order valence-corrected chi connectivity index (χ1v) is 10.7. The normalized spacial score (nSPS) is 26.9. The van der Waals surface area contributed by atoms with E-state index in [4.69, 9.17) is 9.73 Å². The molecule has 0 bridgehead atoms. The first kappa shape index (κ1) is 20.2. The topological polar surface area (TPSA) is 48.9 Å². The number of likely N-dealkylation sites (N-methyl/N-ethyl adjacent to an activating group) is 1. The summed E-state index contributed by atoms with van der Waals surface area (Å²) in [4.78, 5) is 7.49. The van der Waals surface area contributed by atoms with Crippen LogP contribution >= 0.6 is 0 Å². The Morgan fingerprint density at radius 3 is 2.78 bits per heavy atom. The second-order valence-electron chi connectivity index (χ2n) is 7.63. The molecule has 0 aliphatic carbocycles. The average molecular weight is 373 g/mol. The zero-order chi connectivity index (χ0) is 18.9. The Bertz CT molecular complexity index is 577. The van der Waals surface area contributed by atoms with Gasteiger partial charge in [0.25, 0.3) is 0 Å². The Hall–Kier alpha value is -1.59. The van der Waals surface area contributed by atoms with E-state index in [0.29, 0.717) is 12.0 Å². The summed E-state index contributed by atoms with van der Waals surface area (Å²) in [6.45, 7) is 10.3. The second kappa shape index (κ2) is 10.7. The lowest BCUT2D eigenvalue weighted by Gasteiger charge is -2.31. The summed E-state index contributed by atoms with van der Waals surface area (Å²) in [5.41, 5.74) is 1.28. The number of hydrogen-bond donors (Lipinski definition) is 2. The van der Waals surface area contributed by atoms with Crippen molar-refractivity contribution in [3.05, 3.63) is 35.9 Å². The molecule has 3 unspecified atom stereocenters. The largest absolute Gasteiger partial charge is 0.373 e. The highest BCUT2D eigenvalue weighted by Crippen LogP contribution is 2.33. The molecule has 0 spiro atoms. The molecule has 150 valence electrons. The third-order valence-electron chi connectivity index (χ3n) is 5.81. The number of nitrogens with one attached hydrogen (secondary N) is 2. The molecule has 2 heterocycles. The minimum Gasteiger partial charge on any atom is -0.373 e. The third kappa shape index (κ3) is 5.69. The van der Waals surface area contributed by atoms with Gasteiger partial charge in [0.1, 0.15) is 0 Å². The highest BCUT2D eigenvalue weighted by Gasteiger charge is 2.27. The molecule has 5 heteroatoms. The Morgan fingerprint density at radius 2 is 2.00 bits per heavy atom. The lowest BCUT2D eigenvalue weighted by atomic mass is 9.89. The van der Waals surface area contributed by atoms with Crippen LogP contribution in [-0.2, 0) is 4.74 Å². The van der Waals surface area contributed by atoms with E-state index in [-0.39, 0.29) is 6.10 Å². The second-order valence-corrected chi connectivity index (χ2v) is 7.63. The van der Waals surface area contributed by atoms with Gasteiger partial charge in [-0.15, -0.1) is 0 Å². The van der Waals surface area contributed by atoms with Crippen molar-refractivity contribution < 1.29 is 4.74 Å². The lowest BCUT2D eigenvalue weighted by molar-refractivity contribution is -0.0250. The fourth-order valence-corrected chi connectivity index (χ4v) is 4.35.